The van der Waals surface area contributed by atoms with Gasteiger partial charge in [-0.05, 0) is 48.9 Å². The highest BCUT2D eigenvalue weighted by Gasteiger charge is 2.45. The van der Waals surface area contributed by atoms with Crippen LogP contribution in [-0.2, 0) is 9.59 Å². The lowest BCUT2D eigenvalue weighted by atomic mass is 9.70. The van der Waals surface area contributed by atoms with Crippen LogP contribution in [0.3, 0.4) is 0 Å². The first-order valence-electron chi connectivity index (χ1n) is 9.47. The van der Waals surface area contributed by atoms with Crippen molar-refractivity contribution < 1.29 is 14.0 Å². The molecule has 1 aromatic heterocycles. The first-order valence-corrected chi connectivity index (χ1v) is 9.47. The maximum absolute atomic E-state index is 13.3. The fourth-order valence-corrected chi connectivity index (χ4v) is 4.57. The summed E-state index contributed by atoms with van der Waals surface area (Å²) in [6, 6.07) is 9.72. The van der Waals surface area contributed by atoms with E-state index in [1.165, 1.54) is 0 Å². The Morgan fingerprint density at radius 3 is 2.37 bits per heavy atom. The molecule has 2 aromatic rings. The predicted molar refractivity (Wildman–Crippen MR) is 105 cm³/mol. The molecule has 1 aliphatic heterocycles. The van der Waals surface area contributed by atoms with Gasteiger partial charge < -0.3 is 4.42 Å². The summed E-state index contributed by atoms with van der Waals surface area (Å²) in [5, 5.41) is 0. The number of Topliss-reactive ketones (excluding diaryl/α,β-unsaturated/α-hetero) is 1. The summed E-state index contributed by atoms with van der Waals surface area (Å²) >= 11 is 0. The van der Waals surface area contributed by atoms with Crippen molar-refractivity contribution in [3.05, 3.63) is 64.8 Å². The zero-order chi connectivity index (χ0) is 19.3. The molecule has 0 fully saturated rings. The highest BCUT2D eigenvalue weighted by molar-refractivity contribution is 6.08. The Hall–Kier alpha value is -2.62. The summed E-state index contributed by atoms with van der Waals surface area (Å²) in [4.78, 5) is 28.3. The maximum atomic E-state index is 13.3. The van der Waals surface area contributed by atoms with E-state index in [4.69, 9.17) is 4.42 Å². The quantitative estimate of drug-likeness (QED) is 0.749. The predicted octanol–water partition coefficient (Wildman–Crippen LogP) is 5.06. The largest absolute Gasteiger partial charge is 0.469 e. The second-order valence-corrected chi connectivity index (χ2v) is 8.54. The molecule has 2 heterocycles. The number of anilines is 1. The highest BCUT2D eigenvalue weighted by Crippen LogP contribution is 2.49. The number of ketones is 1. The van der Waals surface area contributed by atoms with Crippen molar-refractivity contribution >= 4 is 17.4 Å². The lowest BCUT2D eigenvalue weighted by Gasteiger charge is -2.43. The number of rotatable bonds is 2. The second kappa shape index (κ2) is 6.22. The fourth-order valence-electron chi connectivity index (χ4n) is 4.57. The van der Waals surface area contributed by atoms with Gasteiger partial charge in [0.15, 0.2) is 5.78 Å². The summed E-state index contributed by atoms with van der Waals surface area (Å²) in [5.74, 6) is 0.571. The van der Waals surface area contributed by atoms with Gasteiger partial charge in [0.2, 0.25) is 5.91 Å². The van der Waals surface area contributed by atoms with Crippen LogP contribution < -0.4 is 4.90 Å². The first-order chi connectivity index (χ1) is 12.8. The molecule has 1 amide bonds. The zero-order valence-electron chi connectivity index (χ0n) is 16.3. The van der Waals surface area contributed by atoms with Crippen LogP contribution in [0.2, 0.25) is 0 Å². The Morgan fingerprint density at radius 2 is 1.74 bits per heavy atom. The summed E-state index contributed by atoms with van der Waals surface area (Å²) in [6.07, 6.45) is 3.06. The highest BCUT2D eigenvalue weighted by atomic mass is 16.3. The summed E-state index contributed by atoms with van der Waals surface area (Å²) < 4.78 is 5.60. The van der Waals surface area contributed by atoms with Gasteiger partial charge >= 0.3 is 0 Å². The molecule has 1 aromatic carbocycles. The number of hydrogen-bond donors (Lipinski definition) is 0. The van der Waals surface area contributed by atoms with Crippen LogP contribution in [0.4, 0.5) is 5.69 Å². The first kappa shape index (κ1) is 17.8. The van der Waals surface area contributed by atoms with Crippen molar-refractivity contribution in [2.45, 2.75) is 52.9 Å². The number of hydrogen-bond acceptors (Lipinski definition) is 3. The normalized spacial score (nSPS) is 22.2. The number of carbonyl (C=O) groups excluding carboxylic acids is 2. The molecule has 1 atom stereocenters. The Kier molecular flexibility index (Phi) is 4.10. The third-order valence-corrected chi connectivity index (χ3v) is 5.69. The number of benzene rings is 1. The van der Waals surface area contributed by atoms with Gasteiger partial charge in [-0.1, -0.05) is 32.0 Å². The topological polar surface area (TPSA) is 50.5 Å². The number of para-hydroxylation sites is 1. The van der Waals surface area contributed by atoms with Gasteiger partial charge in [0.25, 0.3) is 0 Å². The Bertz CT molecular complexity index is 930. The minimum atomic E-state index is -0.285. The molecular formula is C23H25NO3. The molecule has 4 rings (SSSR count). The Labute approximate surface area is 159 Å². The van der Waals surface area contributed by atoms with Crippen molar-refractivity contribution in [3.8, 4) is 0 Å². The number of aryl methyl sites for hydroxylation is 2. The molecule has 4 nitrogen and oxygen atoms in total. The third-order valence-electron chi connectivity index (χ3n) is 5.69. The van der Waals surface area contributed by atoms with Gasteiger partial charge in [0.1, 0.15) is 5.76 Å². The molecule has 140 valence electrons. The van der Waals surface area contributed by atoms with Gasteiger partial charge in [0.05, 0.1) is 17.9 Å². The van der Waals surface area contributed by atoms with Crippen LogP contribution in [0, 0.1) is 19.3 Å². The van der Waals surface area contributed by atoms with Gasteiger partial charge in [0, 0.05) is 24.1 Å². The molecular weight excluding hydrogens is 338 g/mol. The van der Waals surface area contributed by atoms with E-state index < -0.39 is 0 Å². The number of amides is 1. The number of furan rings is 1. The van der Waals surface area contributed by atoms with E-state index in [1.807, 2.05) is 49.1 Å². The van der Waals surface area contributed by atoms with Crippen LogP contribution in [-0.4, -0.2) is 11.7 Å². The molecule has 0 radical (unpaired) electrons. The Morgan fingerprint density at radius 1 is 1.04 bits per heavy atom. The van der Waals surface area contributed by atoms with Gasteiger partial charge in [-0.3, -0.25) is 14.5 Å². The molecule has 4 heteroatoms. The zero-order valence-corrected chi connectivity index (χ0v) is 16.3. The molecule has 0 saturated heterocycles. The molecule has 1 unspecified atom stereocenters. The number of nitrogens with zero attached hydrogens (tertiary/aromatic N) is 1. The number of carbonyl (C=O) groups is 2. The SMILES string of the molecule is Cc1cccc(C)c1N1C(=O)CC(c2ccco2)C2=C1CC(C)(C)CC2=O. The fraction of sp³-hybridized carbons (Fsp3) is 0.391. The van der Waals surface area contributed by atoms with Crippen molar-refractivity contribution in [2.24, 2.45) is 5.41 Å². The van der Waals surface area contributed by atoms with Gasteiger partial charge in [-0.2, -0.15) is 0 Å². The van der Waals surface area contributed by atoms with Crippen LogP contribution in [0.15, 0.2) is 52.3 Å². The van der Waals surface area contributed by atoms with E-state index in [1.54, 1.807) is 6.26 Å². The van der Waals surface area contributed by atoms with E-state index in [0.717, 1.165) is 28.1 Å². The lowest BCUT2D eigenvalue weighted by molar-refractivity contribution is -0.121. The molecule has 27 heavy (non-hydrogen) atoms. The van der Waals surface area contributed by atoms with Crippen LogP contribution in [0.1, 0.15) is 55.9 Å². The molecule has 2 aliphatic rings. The average Bonchev–Trinajstić information content (AvgIpc) is 3.09. The van der Waals surface area contributed by atoms with Crippen molar-refractivity contribution in [1.29, 1.82) is 0 Å². The second-order valence-electron chi connectivity index (χ2n) is 8.54. The lowest BCUT2D eigenvalue weighted by Crippen LogP contribution is -2.44. The van der Waals surface area contributed by atoms with Crippen LogP contribution >= 0.6 is 0 Å². The molecule has 0 bridgehead atoms. The van der Waals surface area contributed by atoms with Crippen LogP contribution in [0.25, 0.3) is 0 Å². The van der Waals surface area contributed by atoms with Crippen molar-refractivity contribution in [1.82, 2.24) is 0 Å². The summed E-state index contributed by atoms with van der Waals surface area (Å²) in [6.45, 7) is 8.23. The smallest absolute Gasteiger partial charge is 0.232 e. The molecule has 1 aliphatic carbocycles. The minimum absolute atomic E-state index is 0.0260. The minimum Gasteiger partial charge on any atom is -0.469 e. The molecule has 0 N–H and O–H groups in total. The summed E-state index contributed by atoms with van der Waals surface area (Å²) in [7, 11) is 0. The van der Waals surface area contributed by atoms with E-state index in [9.17, 15) is 9.59 Å². The van der Waals surface area contributed by atoms with Gasteiger partial charge in [-0.15, -0.1) is 0 Å². The van der Waals surface area contributed by atoms with Crippen LogP contribution in [0.5, 0.6) is 0 Å². The number of allylic oxidation sites excluding steroid dienone is 2. The van der Waals surface area contributed by atoms with Crippen molar-refractivity contribution in [2.75, 3.05) is 4.90 Å². The summed E-state index contributed by atoms with van der Waals surface area (Å²) in [5.41, 5.74) is 4.44. The van der Waals surface area contributed by atoms with Crippen molar-refractivity contribution in [3.63, 3.8) is 0 Å². The molecule has 0 spiro atoms. The van der Waals surface area contributed by atoms with E-state index in [2.05, 4.69) is 13.8 Å². The molecule has 0 saturated carbocycles. The monoisotopic (exact) mass is 363 g/mol. The average molecular weight is 363 g/mol. The van der Waals surface area contributed by atoms with E-state index >= 15 is 0 Å². The van der Waals surface area contributed by atoms with Gasteiger partial charge in [-0.25, -0.2) is 0 Å². The standard InChI is InChI=1S/C23H25NO3/c1-14-7-5-8-15(2)22(14)24-17-12-23(3,4)13-18(25)21(17)16(11-20(24)26)19-9-6-10-27-19/h5-10,16H,11-13H2,1-4H3. The van der Waals surface area contributed by atoms with E-state index in [-0.39, 0.29) is 29.4 Å². The third kappa shape index (κ3) is 2.93. The Balaban J connectivity index is 1.95. The maximum Gasteiger partial charge on any atom is 0.232 e. The van der Waals surface area contributed by atoms with E-state index in [0.29, 0.717) is 18.6 Å².